The summed E-state index contributed by atoms with van der Waals surface area (Å²) in [6.07, 6.45) is 1.29. The molecule has 0 aromatic heterocycles. The van der Waals surface area contributed by atoms with Crippen molar-refractivity contribution in [1.82, 2.24) is 0 Å². The minimum absolute atomic E-state index is 0.329. The molecule has 0 spiro atoms. The number of ether oxygens (including phenoxy) is 4. The summed E-state index contributed by atoms with van der Waals surface area (Å²) in [6.45, 7) is 8.87. The van der Waals surface area contributed by atoms with Crippen molar-refractivity contribution in [3.63, 3.8) is 0 Å². The lowest BCUT2D eigenvalue weighted by atomic mass is 9.92. The monoisotopic (exact) mass is 572 g/mol. The zero-order chi connectivity index (χ0) is 29.8. The summed E-state index contributed by atoms with van der Waals surface area (Å²) >= 11 is 0. The first-order valence-electron chi connectivity index (χ1n) is 14.8. The minimum atomic E-state index is -0.329. The highest BCUT2D eigenvalue weighted by molar-refractivity contribution is 6.26. The Bertz CT molecular complexity index is 1780. The highest BCUT2D eigenvalue weighted by atomic mass is 16.7. The van der Waals surface area contributed by atoms with Crippen LogP contribution in [0.25, 0.3) is 32.3 Å². The Balaban J connectivity index is 1.39. The van der Waals surface area contributed by atoms with Crippen LogP contribution in [-0.4, -0.2) is 32.0 Å². The molecular weight excluding hydrogens is 536 g/mol. The van der Waals surface area contributed by atoms with E-state index in [1.165, 1.54) is 32.3 Å². The molecule has 0 aliphatic heterocycles. The first-order valence-corrected chi connectivity index (χ1v) is 14.8. The van der Waals surface area contributed by atoms with Gasteiger partial charge in [-0.05, 0) is 115 Å². The van der Waals surface area contributed by atoms with Crippen LogP contribution in [0.5, 0.6) is 11.5 Å². The van der Waals surface area contributed by atoms with E-state index in [0.717, 1.165) is 28.4 Å². The first kappa shape index (κ1) is 28.5. The van der Waals surface area contributed by atoms with E-state index in [2.05, 4.69) is 54.6 Å². The van der Waals surface area contributed by atoms with Gasteiger partial charge in [-0.3, -0.25) is 0 Å². The minimum Gasteiger partial charge on any atom is -0.465 e. The van der Waals surface area contributed by atoms with Crippen LogP contribution >= 0.6 is 0 Å². The summed E-state index contributed by atoms with van der Waals surface area (Å²) in [5.41, 5.74) is 2.83. The van der Waals surface area contributed by atoms with Crippen LogP contribution in [0.4, 0.5) is 11.4 Å². The molecule has 0 bridgehead atoms. The largest absolute Gasteiger partial charge is 0.465 e. The summed E-state index contributed by atoms with van der Waals surface area (Å²) in [5, 5.41) is 14.4. The Hall–Kier alpha value is -4.65. The standard InChI is InChI=1S/C37H36N2O4/c1-5-40-25(3)42-33-19-15-31(16-20-33)39(32-17-21-34(22-18-32)43-26(4)41-6-2)38-24-30-23-29-11-7-9-27-13-14-28-10-8-12-35(30)37(28)36(27)29/h7-26H,5-6H2,1-4H3. The zero-order valence-corrected chi connectivity index (χ0v) is 25.0. The maximum atomic E-state index is 5.90. The van der Waals surface area contributed by atoms with Crippen molar-refractivity contribution in [2.45, 2.75) is 40.3 Å². The van der Waals surface area contributed by atoms with Gasteiger partial charge in [0.2, 0.25) is 0 Å². The van der Waals surface area contributed by atoms with Gasteiger partial charge >= 0.3 is 0 Å². The van der Waals surface area contributed by atoms with Crippen LogP contribution < -0.4 is 14.5 Å². The van der Waals surface area contributed by atoms with Gasteiger partial charge < -0.3 is 18.9 Å². The third kappa shape index (κ3) is 6.12. The molecule has 6 aromatic rings. The van der Waals surface area contributed by atoms with Crippen molar-refractivity contribution < 1.29 is 18.9 Å². The molecule has 0 fully saturated rings. The average molecular weight is 573 g/mol. The number of hydrazone groups is 1. The number of nitrogens with zero attached hydrogens (tertiary/aromatic N) is 2. The molecule has 2 unspecified atom stereocenters. The van der Waals surface area contributed by atoms with Gasteiger partial charge in [0, 0.05) is 18.8 Å². The third-order valence-corrected chi connectivity index (χ3v) is 7.42. The molecule has 0 aliphatic carbocycles. The van der Waals surface area contributed by atoms with Gasteiger partial charge in [0.1, 0.15) is 11.5 Å². The smallest absolute Gasteiger partial charge is 0.196 e. The van der Waals surface area contributed by atoms with Gasteiger partial charge in [-0.15, -0.1) is 0 Å². The van der Waals surface area contributed by atoms with Gasteiger partial charge in [-0.25, -0.2) is 5.01 Å². The Kier molecular flexibility index (Phi) is 8.40. The fraction of sp³-hybridized carbons (Fsp3) is 0.216. The summed E-state index contributed by atoms with van der Waals surface area (Å²) in [5.74, 6) is 1.46. The van der Waals surface area contributed by atoms with Crippen molar-refractivity contribution in [2.75, 3.05) is 18.2 Å². The van der Waals surface area contributed by atoms with Crippen molar-refractivity contribution in [3.8, 4) is 11.5 Å². The fourth-order valence-corrected chi connectivity index (χ4v) is 5.55. The molecule has 0 N–H and O–H groups in total. The Morgan fingerprint density at radius 3 is 1.70 bits per heavy atom. The van der Waals surface area contributed by atoms with Crippen molar-refractivity contribution >= 4 is 49.9 Å². The predicted octanol–water partition coefficient (Wildman–Crippen LogP) is 9.28. The van der Waals surface area contributed by atoms with Crippen LogP contribution in [0.2, 0.25) is 0 Å². The second-order valence-electron chi connectivity index (χ2n) is 10.3. The number of anilines is 2. The molecule has 43 heavy (non-hydrogen) atoms. The average Bonchev–Trinajstić information content (AvgIpc) is 3.02. The van der Waals surface area contributed by atoms with E-state index in [1.807, 2.05) is 87.4 Å². The van der Waals surface area contributed by atoms with Crippen LogP contribution in [-0.2, 0) is 9.47 Å². The van der Waals surface area contributed by atoms with Crippen molar-refractivity contribution in [3.05, 3.63) is 109 Å². The van der Waals surface area contributed by atoms with Crippen LogP contribution in [0.15, 0.2) is 108 Å². The molecule has 0 radical (unpaired) electrons. The number of benzene rings is 6. The van der Waals surface area contributed by atoms with E-state index in [-0.39, 0.29) is 12.6 Å². The molecule has 218 valence electrons. The maximum Gasteiger partial charge on any atom is 0.196 e. The highest BCUT2D eigenvalue weighted by Crippen LogP contribution is 2.36. The van der Waals surface area contributed by atoms with Crippen molar-refractivity contribution in [2.24, 2.45) is 5.10 Å². The first-order chi connectivity index (χ1) is 21.0. The van der Waals surface area contributed by atoms with Crippen molar-refractivity contribution in [1.29, 1.82) is 0 Å². The van der Waals surface area contributed by atoms with Crippen LogP contribution in [0.1, 0.15) is 33.3 Å². The molecule has 6 heteroatoms. The molecule has 0 saturated heterocycles. The summed E-state index contributed by atoms with van der Waals surface area (Å²) < 4.78 is 22.9. The molecule has 6 rings (SSSR count). The Morgan fingerprint density at radius 1 is 0.628 bits per heavy atom. The van der Waals surface area contributed by atoms with Gasteiger partial charge in [0.05, 0.1) is 17.6 Å². The molecule has 2 atom stereocenters. The molecule has 6 aromatic carbocycles. The van der Waals surface area contributed by atoms with Gasteiger partial charge in [0.15, 0.2) is 12.6 Å². The predicted molar refractivity (Wildman–Crippen MR) is 176 cm³/mol. The van der Waals surface area contributed by atoms with E-state index in [0.29, 0.717) is 13.2 Å². The number of hydrogen-bond acceptors (Lipinski definition) is 6. The van der Waals surface area contributed by atoms with E-state index in [1.54, 1.807) is 0 Å². The maximum absolute atomic E-state index is 5.90. The summed E-state index contributed by atoms with van der Waals surface area (Å²) in [7, 11) is 0. The van der Waals surface area contributed by atoms with Crippen LogP contribution in [0.3, 0.4) is 0 Å². The molecule has 0 heterocycles. The number of rotatable bonds is 12. The molecular formula is C37H36N2O4. The summed E-state index contributed by atoms with van der Waals surface area (Å²) in [6, 6.07) is 35.3. The highest BCUT2D eigenvalue weighted by Gasteiger charge is 2.14. The molecule has 0 aliphatic rings. The number of hydrogen-bond donors (Lipinski definition) is 0. The lowest BCUT2D eigenvalue weighted by Gasteiger charge is -2.21. The Morgan fingerprint density at radius 2 is 1.14 bits per heavy atom. The van der Waals surface area contributed by atoms with E-state index >= 15 is 0 Å². The van der Waals surface area contributed by atoms with Gasteiger partial charge in [-0.2, -0.15) is 5.10 Å². The molecule has 0 amide bonds. The second-order valence-corrected chi connectivity index (χ2v) is 10.3. The second kappa shape index (κ2) is 12.7. The van der Waals surface area contributed by atoms with E-state index in [9.17, 15) is 0 Å². The van der Waals surface area contributed by atoms with Crippen LogP contribution in [0, 0.1) is 0 Å². The van der Waals surface area contributed by atoms with Gasteiger partial charge in [-0.1, -0.05) is 48.5 Å². The zero-order valence-electron chi connectivity index (χ0n) is 25.0. The fourth-order valence-electron chi connectivity index (χ4n) is 5.55. The normalized spacial score (nSPS) is 13.2. The molecule has 0 saturated carbocycles. The summed E-state index contributed by atoms with van der Waals surface area (Å²) in [4.78, 5) is 0. The quantitative estimate of drug-likeness (QED) is 0.0633. The lowest BCUT2D eigenvalue weighted by molar-refractivity contribution is -0.0616. The lowest BCUT2D eigenvalue weighted by Crippen LogP contribution is -2.16. The van der Waals surface area contributed by atoms with E-state index < -0.39 is 0 Å². The molecule has 6 nitrogen and oxygen atoms in total. The Labute approximate surface area is 252 Å². The van der Waals surface area contributed by atoms with Gasteiger partial charge in [0.25, 0.3) is 0 Å². The van der Waals surface area contributed by atoms with E-state index in [4.69, 9.17) is 24.0 Å². The topological polar surface area (TPSA) is 52.5 Å². The SMILES string of the molecule is CCOC(C)Oc1ccc(N(N=Cc2cc3cccc4ccc5cccc2c5c43)c2ccc(OC(C)OCC)cc2)cc1. The third-order valence-electron chi connectivity index (χ3n) is 7.42.